The summed E-state index contributed by atoms with van der Waals surface area (Å²) in [6.07, 6.45) is 0. The minimum atomic E-state index is -0.434. The molecule has 0 aromatic heterocycles. The minimum Gasteiger partial charge on any atom is -0.369 e. The molecule has 1 aliphatic heterocycles. The number of carbonyl (C=O) groups excluding carboxylic acids is 1. The van der Waals surface area contributed by atoms with E-state index in [0.29, 0.717) is 30.1 Å². The van der Waals surface area contributed by atoms with Gasteiger partial charge >= 0.3 is 0 Å². The molecule has 0 saturated carbocycles. The fourth-order valence-electron chi connectivity index (χ4n) is 2.63. The molecule has 1 heterocycles. The van der Waals surface area contributed by atoms with Gasteiger partial charge in [-0.2, -0.15) is 0 Å². The van der Waals surface area contributed by atoms with Gasteiger partial charge in [0, 0.05) is 29.8 Å². The molecule has 2 aromatic rings. The molecule has 0 saturated heterocycles. The van der Waals surface area contributed by atoms with Crippen molar-refractivity contribution >= 4 is 17.3 Å². The van der Waals surface area contributed by atoms with Crippen LogP contribution in [0.4, 0.5) is 5.69 Å². The molecular weight excluding hydrogens is 306 g/mol. The summed E-state index contributed by atoms with van der Waals surface area (Å²) >= 11 is 0. The fraction of sp³-hybridized carbons (Fsp3) is 0.222. The van der Waals surface area contributed by atoms with Crippen molar-refractivity contribution in [1.82, 2.24) is 5.32 Å². The Hall–Kier alpha value is -3.02. The first-order valence-corrected chi connectivity index (χ1v) is 7.68. The molecule has 0 amide bonds. The van der Waals surface area contributed by atoms with Gasteiger partial charge in [0.15, 0.2) is 5.78 Å². The van der Waals surface area contributed by atoms with Crippen molar-refractivity contribution in [2.45, 2.75) is 6.92 Å². The van der Waals surface area contributed by atoms with Crippen LogP contribution in [0.25, 0.3) is 0 Å². The Balaban J connectivity index is 1.74. The molecule has 1 atom stereocenters. The van der Waals surface area contributed by atoms with Gasteiger partial charge in [-0.05, 0) is 6.92 Å². The van der Waals surface area contributed by atoms with E-state index >= 15 is 0 Å². The number of carbonyl (C=O) groups is 1. The van der Waals surface area contributed by atoms with Gasteiger partial charge in [-0.25, -0.2) is 0 Å². The molecule has 1 aliphatic rings. The van der Waals surface area contributed by atoms with Crippen molar-refractivity contribution in [1.29, 1.82) is 0 Å². The molecule has 0 spiro atoms. The van der Waals surface area contributed by atoms with Gasteiger partial charge in [0.25, 0.3) is 5.69 Å². The van der Waals surface area contributed by atoms with Gasteiger partial charge < -0.3 is 5.32 Å². The maximum Gasteiger partial charge on any atom is 0.270 e. The van der Waals surface area contributed by atoms with E-state index in [2.05, 4.69) is 10.3 Å². The summed E-state index contributed by atoms with van der Waals surface area (Å²) in [5.41, 5.74) is 2.47. The highest BCUT2D eigenvalue weighted by molar-refractivity contribution is 6.02. The van der Waals surface area contributed by atoms with E-state index in [1.54, 1.807) is 12.1 Å². The van der Waals surface area contributed by atoms with E-state index in [1.165, 1.54) is 12.1 Å². The standard InChI is InChI=1S/C18H17N3O3/c1-12-5-7-13(8-6-12)17(22)15-10-19-18(20-11-15)14-3-2-4-16(9-14)21(23)24/h2-9,15H,10-11H2,1H3,(H,19,20). The second-order valence-corrected chi connectivity index (χ2v) is 5.80. The van der Waals surface area contributed by atoms with Crippen molar-refractivity contribution in [3.8, 4) is 0 Å². The summed E-state index contributed by atoms with van der Waals surface area (Å²) in [7, 11) is 0. The topological polar surface area (TPSA) is 84.6 Å². The zero-order valence-electron chi connectivity index (χ0n) is 13.2. The number of rotatable bonds is 4. The first kappa shape index (κ1) is 15.9. The van der Waals surface area contributed by atoms with Gasteiger partial charge in [-0.3, -0.25) is 19.9 Å². The number of aliphatic imine (C=N–C) groups is 1. The van der Waals surface area contributed by atoms with E-state index in [-0.39, 0.29) is 17.4 Å². The van der Waals surface area contributed by atoms with E-state index < -0.39 is 4.92 Å². The highest BCUT2D eigenvalue weighted by Crippen LogP contribution is 2.17. The van der Waals surface area contributed by atoms with Crippen LogP contribution in [-0.2, 0) is 0 Å². The molecule has 24 heavy (non-hydrogen) atoms. The van der Waals surface area contributed by atoms with Gasteiger partial charge in [-0.15, -0.1) is 0 Å². The number of nitro groups is 1. The molecule has 6 heteroatoms. The van der Waals surface area contributed by atoms with Crippen LogP contribution in [-0.4, -0.2) is 29.6 Å². The van der Waals surface area contributed by atoms with Crippen LogP contribution in [0.5, 0.6) is 0 Å². The zero-order chi connectivity index (χ0) is 17.1. The summed E-state index contributed by atoms with van der Waals surface area (Å²) in [4.78, 5) is 27.3. The lowest BCUT2D eigenvalue weighted by molar-refractivity contribution is -0.384. The molecule has 2 aromatic carbocycles. The van der Waals surface area contributed by atoms with Gasteiger partial charge in [-0.1, -0.05) is 42.0 Å². The van der Waals surface area contributed by atoms with E-state index in [1.807, 2.05) is 31.2 Å². The second-order valence-electron chi connectivity index (χ2n) is 5.80. The second kappa shape index (κ2) is 6.62. The Bertz CT molecular complexity index is 813. The number of amidine groups is 1. The van der Waals surface area contributed by atoms with E-state index in [0.717, 1.165) is 5.56 Å². The highest BCUT2D eigenvalue weighted by atomic mass is 16.6. The minimum absolute atomic E-state index is 0.0230. The molecule has 0 bridgehead atoms. The third-order valence-electron chi connectivity index (χ3n) is 4.02. The van der Waals surface area contributed by atoms with Gasteiger partial charge in [0.1, 0.15) is 5.84 Å². The van der Waals surface area contributed by atoms with E-state index in [9.17, 15) is 14.9 Å². The lowest BCUT2D eigenvalue weighted by Gasteiger charge is -2.22. The lowest BCUT2D eigenvalue weighted by atomic mass is 9.95. The zero-order valence-corrected chi connectivity index (χ0v) is 13.2. The fourth-order valence-corrected chi connectivity index (χ4v) is 2.63. The molecule has 1 N–H and O–H groups in total. The number of benzene rings is 2. The molecular formula is C18H17N3O3. The molecule has 0 fully saturated rings. The molecule has 0 radical (unpaired) electrons. The van der Waals surface area contributed by atoms with Crippen molar-refractivity contribution < 1.29 is 9.72 Å². The van der Waals surface area contributed by atoms with Crippen molar-refractivity contribution in [2.75, 3.05) is 13.1 Å². The number of aryl methyl sites for hydroxylation is 1. The maximum absolute atomic E-state index is 12.5. The number of nitrogens with one attached hydrogen (secondary N) is 1. The monoisotopic (exact) mass is 323 g/mol. The molecule has 3 rings (SSSR count). The number of Topliss-reactive ketones (excluding diaryl/α,β-unsaturated/α-hetero) is 1. The summed E-state index contributed by atoms with van der Waals surface area (Å²) in [5.74, 6) is 0.422. The SMILES string of the molecule is Cc1ccc(C(=O)C2CN=C(c3cccc([N+](=O)[O-])c3)NC2)cc1. The third-order valence-corrected chi connectivity index (χ3v) is 4.02. The van der Waals surface area contributed by atoms with Crippen molar-refractivity contribution in [2.24, 2.45) is 10.9 Å². The van der Waals surface area contributed by atoms with Crippen LogP contribution >= 0.6 is 0 Å². The average Bonchev–Trinajstić information content (AvgIpc) is 2.62. The number of nitro benzene ring substituents is 1. The lowest BCUT2D eigenvalue weighted by Crippen LogP contribution is -2.39. The molecule has 0 aliphatic carbocycles. The Morgan fingerprint density at radius 3 is 2.62 bits per heavy atom. The third kappa shape index (κ3) is 3.32. The first-order valence-electron chi connectivity index (χ1n) is 7.68. The Morgan fingerprint density at radius 2 is 2.00 bits per heavy atom. The first-order chi connectivity index (χ1) is 11.5. The summed E-state index contributed by atoms with van der Waals surface area (Å²) in [6, 6.07) is 13.8. The molecule has 1 unspecified atom stereocenters. The van der Waals surface area contributed by atoms with Crippen molar-refractivity contribution in [3.05, 3.63) is 75.3 Å². The highest BCUT2D eigenvalue weighted by Gasteiger charge is 2.24. The smallest absolute Gasteiger partial charge is 0.270 e. The number of non-ortho nitro benzene ring substituents is 1. The summed E-state index contributed by atoms with van der Waals surface area (Å²) in [5, 5.41) is 14.0. The number of ketones is 1. The quantitative estimate of drug-likeness (QED) is 0.532. The Labute approximate surface area is 139 Å². The van der Waals surface area contributed by atoms with Gasteiger partial charge in [0.05, 0.1) is 17.4 Å². The summed E-state index contributed by atoms with van der Waals surface area (Å²) < 4.78 is 0. The van der Waals surface area contributed by atoms with Crippen LogP contribution in [0.1, 0.15) is 21.5 Å². The average molecular weight is 323 g/mol. The number of hydrogen-bond donors (Lipinski definition) is 1. The molecule has 6 nitrogen and oxygen atoms in total. The predicted octanol–water partition coefficient (Wildman–Crippen LogP) is 2.75. The van der Waals surface area contributed by atoms with Crippen LogP contribution in [0.2, 0.25) is 0 Å². The normalized spacial score (nSPS) is 16.9. The summed E-state index contributed by atoms with van der Waals surface area (Å²) in [6.45, 7) is 2.82. The number of hydrogen-bond acceptors (Lipinski definition) is 5. The van der Waals surface area contributed by atoms with Crippen LogP contribution in [0.15, 0.2) is 53.5 Å². The van der Waals surface area contributed by atoms with E-state index in [4.69, 9.17) is 0 Å². The number of nitrogens with zero attached hydrogens (tertiary/aromatic N) is 2. The Kier molecular flexibility index (Phi) is 4.37. The molecule has 122 valence electrons. The van der Waals surface area contributed by atoms with Crippen LogP contribution in [0, 0.1) is 23.0 Å². The maximum atomic E-state index is 12.5. The van der Waals surface area contributed by atoms with Gasteiger partial charge in [0.2, 0.25) is 0 Å². The van der Waals surface area contributed by atoms with Crippen LogP contribution < -0.4 is 5.32 Å². The van der Waals surface area contributed by atoms with Crippen molar-refractivity contribution in [3.63, 3.8) is 0 Å². The largest absolute Gasteiger partial charge is 0.369 e. The Morgan fingerprint density at radius 1 is 1.25 bits per heavy atom. The van der Waals surface area contributed by atoms with Crippen LogP contribution in [0.3, 0.4) is 0 Å². The predicted molar refractivity (Wildman–Crippen MR) is 91.5 cm³/mol.